The summed E-state index contributed by atoms with van der Waals surface area (Å²) in [5.41, 5.74) is 1.36. The molecule has 0 aliphatic heterocycles. The lowest BCUT2D eigenvalue weighted by atomic mass is 10.2. The summed E-state index contributed by atoms with van der Waals surface area (Å²) in [6.45, 7) is 8.10. The Kier molecular flexibility index (Phi) is 3.97. The standard InChI is InChI=1S/C14H21N2SSi/c1-17-16-10-9-15(12-16)11-13-5-7-14(8-6-13)18(2,3)4/h5-10,12H,11H2,1-4H3/q+1. The Morgan fingerprint density at radius 2 is 1.83 bits per heavy atom. The van der Waals surface area contributed by atoms with Gasteiger partial charge < -0.3 is 0 Å². The summed E-state index contributed by atoms with van der Waals surface area (Å²) >= 11 is 1.71. The minimum Gasteiger partial charge on any atom is -0.232 e. The molecule has 96 valence electrons. The van der Waals surface area contributed by atoms with Gasteiger partial charge in [0.15, 0.2) is 0 Å². The predicted molar refractivity (Wildman–Crippen MR) is 82.1 cm³/mol. The van der Waals surface area contributed by atoms with Crippen molar-refractivity contribution in [2.45, 2.75) is 26.2 Å². The highest BCUT2D eigenvalue weighted by Crippen LogP contribution is 2.06. The first kappa shape index (κ1) is 13.4. The summed E-state index contributed by atoms with van der Waals surface area (Å²) in [5, 5.41) is 1.53. The van der Waals surface area contributed by atoms with Crippen LogP contribution in [0.25, 0.3) is 0 Å². The van der Waals surface area contributed by atoms with Crippen LogP contribution >= 0.6 is 11.9 Å². The number of rotatable bonds is 4. The van der Waals surface area contributed by atoms with Crippen LogP contribution in [0, 0.1) is 0 Å². The fourth-order valence-electron chi connectivity index (χ4n) is 1.90. The first-order valence-electron chi connectivity index (χ1n) is 6.20. The van der Waals surface area contributed by atoms with E-state index in [1.807, 2.05) is 0 Å². The second-order valence-electron chi connectivity index (χ2n) is 5.58. The number of nitrogens with zero attached hydrogens (tertiary/aromatic N) is 2. The molecular weight excluding hydrogens is 256 g/mol. The smallest absolute Gasteiger partial charge is 0.232 e. The third-order valence-electron chi connectivity index (χ3n) is 3.06. The van der Waals surface area contributed by atoms with Crippen LogP contribution in [-0.4, -0.2) is 18.9 Å². The molecule has 0 saturated carbocycles. The fraction of sp³-hybridized carbons (Fsp3) is 0.357. The van der Waals surface area contributed by atoms with Gasteiger partial charge in [-0.1, -0.05) is 49.1 Å². The molecule has 1 aromatic heterocycles. The summed E-state index contributed by atoms with van der Waals surface area (Å²) in [7, 11) is -1.16. The van der Waals surface area contributed by atoms with Gasteiger partial charge in [0.05, 0.1) is 20.0 Å². The van der Waals surface area contributed by atoms with Gasteiger partial charge in [-0.3, -0.25) is 0 Å². The maximum atomic E-state index is 2.38. The molecule has 0 saturated heterocycles. The largest absolute Gasteiger partial charge is 0.255 e. The summed E-state index contributed by atoms with van der Waals surface area (Å²) < 4.78 is 4.32. The van der Waals surface area contributed by atoms with Crippen LogP contribution in [0.5, 0.6) is 0 Å². The van der Waals surface area contributed by atoms with Crippen LogP contribution in [0.4, 0.5) is 0 Å². The Labute approximate surface area is 115 Å². The molecule has 0 spiro atoms. The topological polar surface area (TPSA) is 8.81 Å². The molecule has 0 unspecified atom stereocenters. The average molecular weight is 277 g/mol. The van der Waals surface area contributed by atoms with Gasteiger partial charge in [-0.2, -0.15) is 3.97 Å². The van der Waals surface area contributed by atoms with Gasteiger partial charge in [0.1, 0.15) is 18.9 Å². The van der Waals surface area contributed by atoms with E-state index in [2.05, 4.69) is 77.4 Å². The lowest BCUT2D eigenvalue weighted by Gasteiger charge is -2.16. The van der Waals surface area contributed by atoms with Crippen molar-refractivity contribution >= 4 is 25.2 Å². The van der Waals surface area contributed by atoms with Crippen molar-refractivity contribution in [3.63, 3.8) is 0 Å². The monoisotopic (exact) mass is 277 g/mol. The molecule has 0 radical (unpaired) electrons. The van der Waals surface area contributed by atoms with Gasteiger partial charge in [0.25, 0.3) is 6.33 Å². The van der Waals surface area contributed by atoms with E-state index in [1.54, 1.807) is 11.9 Å². The van der Waals surface area contributed by atoms with Crippen molar-refractivity contribution in [1.82, 2.24) is 4.57 Å². The number of imidazole rings is 1. The molecule has 2 nitrogen and oxygen atoms in total. The lowest BCUT2D eigenvalue weighted by molar-refractivity contribution is -0.493. The van der Waals surface area contributed by atoms with Crippen LogP contribution in [0.2, 0.25) is 19.6 Å². The molecule has 0 amide bonds. The lowest BCUT2D eigenvalue weighted by Crippen LogP contribution is -2.37. The zero-order valence-electron chi connectivity index (χ0n) is 11.6. The molecule has 2 aromatic rings. The molecule has 0 fully saturated rings. The van der Waals surface area contributed by atoms with Crippen molar-refractivity contribution in [2.75, 3.05) is 6.26 Å². The fourth-order valence-corrected chi connectivity index (χ4v) is 3.46. The Morgan fingerprint density at radius 3 is 2.33 bits per heavy atom. The molecular formula is C14H21N2SSi+. The first-order valence-corrected chi connectivity index (χ1v) is 10.9. The average Bonchev–Trinajstić information content (AvgIpc) is 2.76. The second kappa shape index (κ2) is 5.32. The van der Waals surface area contributed by atoms with Crippen molar-refractivity contribution in [3.8, 4) is 0 Å². The first-order chi connectivity index (χ1) is 8.49. The zero-order chi connectivity index (χ0) is 13.2. The minimum absolute atomic E-state index is 0.944. The molecule has 0 atom stereocenters. The van der Waals surface area contributed by atoms with Crippen LogP contribution in [-0.2, 0) is 6.54 Å². The van der Waals surface area contributed by atoms with Crippen LogP contribution in [0.3, 0.4) is 0 Å². The molecule has 1 aromatic carbocycles. The van der Waals surface area contributed by atoms with E-state index in [4.69, 9.17) is 0 Å². The van der Waals surface area contributed by atoms with Crippen molar-refractivity contribution in [1.29, 1.82) is 0 Å². The van der Waals surface area contributed by atoms with Gasteiger partial charge in [-0.25, -0.2) is 4.57 Å². The van der Waals surface area contributed by atoms with E-state index in [0.717, 1.165) is 6.54 Å². The molecule has 1 heterocycles. The summed E-state index contributed by atoms with van der Waals surface area (Å²) in [6.07, 6.45) is 8.40. The highest BCUT2D eigenvalue weighted by molar-refractivity contribution is 7.92. The third-order valence-corrected chi connectivity index (χ3v) is 5.77. The molecule has 0 bridgehead atoms. The molecule has 18 heavy (non-hydrogen) atoms. The quantitative estimate of drug-likeness (QED) is 0.616. The van der Waals surface area contributed by atoms with E-state index < -0.39 is 8.07 Å². The van der Waals surface area contributed by atoms with E-state index in [0.29, 0.717) is 0 Å². The van der Waals surface area contributed by atoms with Gasteiger partial charge >= 0.3 is 0 Å². The molecule has 0 N–H and O–H groups in total. The zero-order valence-corrected chi connectivity index (χ0v) is 13.4. The van der Waals surface area contributed by atoms with Gasteiger partial charge in [-0.05, 0) is 5.56 Å². The number of benzene rings is 1. The van der Waals surface area contributed by atoms with Crippen molar-refractivity contribution < 1.29 is 3.97 Å². The molecule has 0 aliphatic rings. The van der Waals surface area contributed by atoms with Crippen molar-refractivity contribution in [2.24, 2.45) is 0 Å². The van der Waals surface area contributed by atoms with E-state index >= 15 is 0 Å². The van der Waals surface area contributed by atoms with Crippen molar-refractivity contribution in [3.05, 3.63) is 48.5 Å². The normalized spacial score (nSPS) is 11.8. The summed E-state index contributed by atoms with van der Waals surface area (Å²) in [4.78, 5) is 0. The Hall–Kier alpha value is -1.00. The Balaban J connectivity index is 2.11. The van der Waals surface area contributed by atoms with Crippen LogP contribution in [0.1, 0.15) is 5.56 Å². The Bertz CT molecular complexity index is 511. The van der Waals surface area contributed by atoms with Gasteiger partial charge in [-0.15, -0.1) is 0 Å². The number of hydrogen-bond donors (Lipinski definition) is 0. The van der Waals surface area contributed by atoms with E-state index in [9.17, 15) is 0 Å². The Morgan fingerprint density at radius 1 is 1.17 bits per heavy atom. The van der Waals surface area contributed by atoms with Gasteiger partial charge in [0.2, 0.25) is 0 Å². The molecule has 4 heteroatoms. The third kappa shape index (κ3) is 3.27. The summed E-state index contributed by atoms with van der Waals surface area (Å²) in [6, 6.07) is 9.12. The molecule has 2 rings (SSSR count). The highest BCUT2D eigenvalue weighted by atomic mass is 32.2. The van der Waals surface area contributed by atoms with E-state index in [-0.39, 0.29) is 0 Å². The predicted octanol–water partition coefficient (Wildman–Crippen LogP) is 2.50. The van der Waals surface area contributed by atoms with Crippen LogP contribution < -0.4 is 9.16 Å². The van der Waals surface area contributed by atoms with Crippen LogP contribution in [0.15, 0.2) is 43.0 Å². The maximum absolute atomic E-state index is 2.38. The van der Waals surface area contributed by atoms with Gasteiger partial charge in [0, 0.05) is 6.26 Å². The highest BCUT2D eigenvalue weighted by Gasteiger charge is 2.15. The SMILES string of the molecule is CS[n+]1ccn(Cc2ccc([Si](C)(C)C)cc2)c1. The minimum atomic E-state index is -1.16. The van der Waals surface area contributed by atoms with E-state index in [1.165, 1.54) is 10.8 Å². The molecule has 0 aliphatic carbocycles. The number of aromatic nitrogens is 2. The summed E-state index contributed by atoms with van der Waals surface area (Å²) in [5.74, 6) is 0. The maximum Gasteiger partial charge on any atom is 0.255 e. The number of hydrogen-bond acceptors (Lipinski definition) is 1. The second-order valence-corrected chi connectivity index (χ2v) is 11.4.